The quantitative estimate of drug-likeness (QED) is 0.876. The van der Waals surface area contributed by atoms with E-state index >= 15 is 0 Å². The van der Waals surface area contributed by atoms with Crippen molar-refractivity contribution in [2.24, 2.45) is 5.92 Å². The molecule has 5 heteroatoms. The summed E-state index contributed by atoms with van der Waals surface area (Å²) in [5.41, 5.74) is 1.83. The Bertz CT molecular complexity index is 714. The van der Waals surface area contributed by atoms with Crippen LogP contribution in [0.15, 0.2) is 48.5 Å². The van der Waals surface area contributed by atoms with Crippen LogP contribution >= 0.6 is 11.6 Å². The van der Waals surface area contributed by atoms with E-state index in [2.05, 4.69) is 10.6 Å². The highest BCUT2D eigenvalue weighted by atomic mass is 35.5. The van der Waals surface area contributed by atoms with Gasteiger partial charge in [0.1, 0.15) is 5.75 Å². The number of carbonyl (C=O) groups is 1. The molecule has 2 aromatic carbocycles. The fourth-order valence-corrected chi connectivity index (χ4v) is 3.25. The number of hydrogen-bond acceptors (Lipinski definition) is 3. The summed E-state index contributed by atoms with van der Waals surface area (Å²) in [5, 5.41) is 7.03. The zero-order valence-corrected chi connectivity index (χ0v) is 14.3. The van der Waals surface area contributed by atoms with Gasteiger partial charge in [0.05, 0.1) is 19.1 Å². The third kappa shape index (κ3) is 3.71. The zero-order valence-electron chi connectivity index (χ0n) is 13.6. The lowest BCUT2D eigenvalue weighted by atomic mass is 9.97. The Labute approximate surface area is 147 Å². The fourth-order valence-electron chi connectivity index (χ4n) is 3.01. The van der Waals surface area contributed by atoms with Crippen LogP contribution in [0, 0.1) is 5.92 Å². The Hall–Kier alpha value is -2.04. The molecule has 2 atom stereocenters. The van der Waals surface area contributed by atoms with E-state index in [9.17, 15) is 4.79 Å². The molecule has 126 valence electrons. The van der Waals surface area contributed by atoms with Gasteiger partial charge in [0, 0.05) is 11.6 Å². The maximum atomic E-state index is 12.6. The number of carbonyl (C=O) groups excluding carboxylic acids is 1. The average molecular weight is 345 g/mol. The van der Waals surface area contributed by atoms with Gasteiger partial charge in [-0.05, 0) is 42.3 Å². The number of ether oxygens (including phenoxy) is 1. The summed E-state index contributed by atoms with van der Waals surface area (Å²) >= 11 is 6.39. The third-order valence-electron chi connectivity index (χ3n) is 4.36. The third-order valence-corrected chi connectivity index (χ3v) is 4.71. The molecule has 2 aromatic rings. The molecule has 0 bridgehead atoms. The van der Waals surface area contributed by atoms with E-state index in [1.54, 1.807) is 7.11 Å². The summed E-state index contributed by atoms with van der Waals surface area (Å²) in [4.78, 5) is 12.6. The number of benzene rings is 2. The molecule has 0 spiro atoms. The van der Waals surface area contributed by atoms with E-state index < -0.39 is 0 Å². The van der Waals surface area contributed by atoms with Crippen LogP contribution in [0.3, 0.4) is 0 Å². The molecular weight excluding hydrogens is 324 g/mol. The largest absolute Gasteiger partial charge is 0.497 e. The Morgan fingerprint density at radius 2 is 2.12 bits per heavy atom. The predicted octanol–water partition coefficient (Wildman–Crippen LogP) is 3.16. The molecule has 1 saturated heterocycles. The van der Waals surface area contributed by atoms with E-state index in [1.807, 2.05) is 48.5 Å². The highest BCUT2D eigenvalue weighted by Gasteiger charge is 2.26. The second-order valence-electron chi connectivity index (χ2n) is 5.93. The molecule has 0 aromatic heterocycles. The molecule has 1 amide bonds. The maximum absolute atomic E-state index is 12.6. The number of methoxy groups -OCH3 is 1. The number of hydrogen-bond donors (Lipinski definition) is 2. The molecule has 4 nitrogen and oxygen atoms in total. The first kappa shape index (κ1) is 16.8. The highest BCUT2D eigenvalue weighted by Crippen LogP contribution is 2.30. The molecule has 1 fully saturated rings. The standard InChI is InChI=1S/C19H21ClN2O2/c1-24-15-6-4-5-13(11-15)18(16-7-2-3-8-17(16)20)22-19(23)14-9-10-21-12-14/h2-8,11,14,18,21H,9-10,12H2,1H3,(H,22,23)/t14-,18+/m1/s1. The van der Waals surface area contributed by atoms with Crippen LogP contribution in [0.5, 0.6) is 5.75 Å². The van der Waals surface area contributed by atoms with Crippen molar-refractivity contribution in [3.8, 4) is 5.75 Å². The van der Waals surface area contributed by atoms with Gasteiger partial charge in [-0.15, -0.1) is 0 Å². The second kappa shape index (κ2) is 7.69. The minimum absolute atomic E-state index is 0.000551. The number of amides is 1. The SMILES string of the molecule is COc1cccc([C@H](NC(=O)[C@@H]2CCNC2)c2ccccc2Cl)c1. The lowest BCUT2D eigenvalue weighted by molar-refractivity contribution is -0.124. The normalized spacial score (nSPS) is 18.2. The summed E-state index contributed by atoms with van der Waals surface area (Å²) in [5.74, 6) is 0.801. The molecule has 1 aliphatic rings. The van der Waals surface area contributed by atoms with E-state index in [0.717, 1.165) is 36.4 Å². The summed E-state index contributed by atoms with van der Waals surface area (Å²) in [6.07, 6.45) is 0.860. The molecule has 0 aliphatic carbocycles. The first-order valence-corrected chi connectivity index (χ1v) is 8.46. The van der Waals surface area contributed by atoms with Crippen molar-refractivity contribution in [2.75, 3.05) is 20.2 Å². The molecule has 1 heterocycles. The van der Waals surface area contributed by atoms with Gasteiger partial charge >= 0.3 is 0 Å². The van der Waals surface area contributed by atoms with Gasteiger partial charge in [0.2, 0.25) is 5.91 Å². The molecule has 24 heavy (non-hydrogen) atoms. The topological polar surface area (TPSA) is 50.4 Å². The number of nitrogens with one attached hydrogen (secondary N) is 2. The molecule has 3 rings (SSSR count). The smallest absolute Gasteiger partial charge is 0.225 e. The summed E-state index contributed by atoms with van der Waals surface area (Å²) < 4.78 is 5.32. The minimum Gasteiger partial charge on any atom is -0.497 e. The van der Waals surface area contributed by atoms with E-state index in [1.165, 1.54) is 0 Å². The lowest BCUT2D eigenvalue weighted by Crippen LogP contribution is -2.35. The van der Waals surface area contributed by atoms with Crippen LogP contribution in [0.2, 0.25) is 5.02 Å². The van der Waals surface area contributed by atoms with Crippen molar-refractivity contribution in [1.29, 1.82) is 0 Å². The molecule has 0 unspecified atom stereocenters. The summed E-state index contributed by atoms with van der Waals surface area (Å²) in [6.45, 7) is 1.60. The van der Waals surface area contributed by atoms with Gasteiger partial charge in [0.25, 0.3) is 0 Å². The zero-order chi connectivity index (χ0) is 16.9. The van der Waals surface area contributed by atoms with Crippen LogP contribution in [0.1, 0.15) is 23.6 Å². The average Bonchev–Trinajstić information content (AvgIpc) is 3.15. The van der Waals surface area contributed by atoms with Gasteiger partial charge in [-0.1, -0.05) is 41.9 Å². The number of rotatable bonds is 5. The first-order valence-electron chi connectivity index (χ1n) is 8.08. The van der Waals surface area contributed by atoms with Crippen LogP contribution < -0.4 is 15.4 Å². The van der Waals surface area contributed by atoms with Gasteiger partial charge < -0.3 is 15.4 Å². The van der Waals surface area contributed by atoms with Gasteiger partial charge in [-0.3, -0.25) is 4.79 Å². The highest BCUT2D eigenvalue weighted by molar-refractivity contribution is 6.31. The van der Waals surface area contributed by atoms with Gasteiger partial charge in [-0.25, -0.2) is 0 Å². The van der Waals surface area contributed by atoms with Crippen LogP contribution in [-0.4, -0.2) is 26.1 Å². The van der Waals surface area contributed by atoms with Crippen molar-refractivity contribution in [3.05, 3.63) is 64.7 Å². The lowest BCUT2D eigenvalue weighted by Gasteiger charge is -2.23. The Morgan fingerprint density at radius 1 is 1.29 bits per heavy atom. The summed E-state index contributed by atoms with van der Waals surface area (Å²) in [7, 11) is 1.63. The van der Waals surface area contributed by atoms with Crippen molar-refractivity contribution in [2.45, 2.75) is 12.5 Å². The van der Waals surface area contributed by atoms with Crippen molar-refractivity contribution in [1.82, 2.24) is 10.6 Å². The van der Waals surface area contributed by atoms with Crippen molar-refractivity contribution >= 4 is 17.5 Å². The minimum atomic E-state index is -0.304. The maximum Gasteiger partial charge on any atom is 0.225 e. The molecule has 2 N–H and O–H groups in total. The first-order chi connectivity index (χ1) is 11.7. The van der Waals surface area contributed by atoms with Crippen LogP contribution in [-0.2, 0) is 4.79 Å². The predicted molar refractivity (Wildman–Crippen MR) is 95.4 cm³/mol. The monoisotopic (exact) mass is 344 g/mol. The van der Waals surface area contributed by atoms with E-state index in [-0.39, 0.29) is 17.9 Å². The van der Waals surface area contributed by atoms with Crippen LogP contribution in [0.4, 0.5) is 0 Å². The molecular formula is C19H21ClN2O2. The van der Waals surface area contributed by atoms with Gasteiger partial charge in [-0.2, -0.15) is 0 Å². The Balaban J connectivity index is 1.94. The van der Waals surface area contributed by atoms with E-state index in [4.69, 9.17) is 16.3 Å². The number of halogens is 1. The van der Waals surface area contributed by atoms with Gasteiger partial charge in [0.15, 0.2) is 0 Å². The fraction of sp³-hybridized carbons (Fsp3) is 0.316. The molecule has 0 saturated carbocycles. The molecule has 1 aliphatic heterocycles. The van der Waals surface area contributed by atoms with Crippen molar-refractivity contribution < 1.29 is 9.53 Å². The van der Waals surface area contributed by atoms with Crippen LogP contribution in [0.25, 0.3) is 0 Å². The van der Waals surface area contributed by atoms with E-state index in [0.29, 0.717) is 5.02 Å². The second-order valence-corrected chi connectivity index (χ2v) is 6.34. The Morgan fingerprint density at radius 3 is 2.83 bits per heavy atom. The van der Waals surface area contributed by atoms with Crippen molar-refractivity contribution in [3.63, 3.8) is 0 Å². The Kier molecular flexibility index (Phi) is 5.38. The summed E-state index contributed by atoms with van der Waals surface area (Å²) in [6, 6.07) is 15.0. The molecule has 0 radical (unpaired) electrons.